The first-order chi connectivity index (χ1) is 14.0. The number of carbonyl (C=O) groups is 1. The minimum atomic E-state index is -0.305. The van der Waals surface area contributed by atoms with Crippen LogP contribution in [-0.4, -0.2) is 20.4 Å². The van der Waals surface area contributed by atoms with E-state index >= 15 is 0 Å². The van der Waals surface area contributed by atoms with Gasteiger partial charge in [0.2, 0.25) is 0 Å². The van der Waals surface area contributed by atoms with E-state index in [-0.39, 0.29) is 23.3 Å². The number of rotatable bonds is 2. The van der Waals surface area contributed by atoms with Crippen molar-refractivity contribution in [2.45, 2.75) is 25.7 Å². The molecule has 1 aliphatic carbocycles. The molecule has 1 aliphatic rings. The topological polar surface area (TPSA) is 47.3 Å². The van der Waals surface area contributed by atoms with Crippen molar-refractivity contribution in [1.29, 1.82) is 0 Å². The third kappa shape index (κ3) is 2.92. The fourth-order valence-electron chi connectivity index (χ4n) is 4.13. The molecule has 0 radical (unpaired) electrons. The molecule has 0 amide bonds. The molecular weight excluding hydrogens is 372 g/mol. The zero-order valence-corrected chi connectivity index (χ0v) is 15.7. The lowest BCUT2D eigenvalue weighted by Crippen LogP contribution is -2.22. The molecular formula is C23H17F2N3O. The molecule has 0 bridgehead atoms. The number of ketones is 1. The Kier molecular flexibility index (Phi) is 4.01. The van der Waals surface area contributed by atoms with Crippen LogP contribution in [0.1, 0.15) is 39.6 Å². The van der Waals surface area contributed by atoms with Gasteiger partial charge in [0.1, 0.15) is 11.6 Å². The van der Waals surface area contributed by atoms with Crippen LogP contribution in [0.4, 0.5) is 8.78 Å². The largest absolute Gasteiger partial charge is 0.294 e. The van der Waals surface area contributed by atoms with E-state index in [0.29, 0.717) is 24.1 Å². The summed E-state index contributed by atoms with van der Waals surface area (Å²) in [4.78, 5) is 17.3. The van der Waals surface area contributed by atoms with E-state index in [1.807, 2.05) is 6.92 Å². The molecule has 29 heavy (non-hydrogen) atoms. The van der Waals surface area contributed by atoms with Gasteiger partial charge in [0.15, 0.2) is 11.4 Å². The molecule has 5 rings (SSSR count). The van der Waals surface area contributed by atoms with Gasteiger partial charge in [0.05, 0.1) is 17.0 Å². The molecule has 0 saturated carbocycles. The number of hydrogen-bond acceptors (Lipinski definition) is 3. The predicted molar refractivity (Wildman–Crippen MR) is 105 cm³/mol. The summed E-state index contributed by atoms with van der Waals surface area (Å²) in [6, 6.07) is 12.5. The van der Waals surface area contributed by atoms with Gasteiger partial charge in [-0.25, -0.2) is 18.3 Å². The number of aromatic nitrogens is 3. The second-order valence-corrected chi connectivity index (χ2v) is 7.40. The van der Waals surface area contributed by atoms with Gasteiger partial charge in [-0.2, -0.15) is 5.10 Å². The van der Waals surface area contributed by atoms with Crippen LogP contribution in [0.5, 0.6) is 0 Å². The Morgan fingerprint density at radius 1 is 0.966 bits per heavy atom. The summed E-state index contributed by atoms with van der Waals surface area (Å²) in [6.45, 7) is 1.88. The second kappa shape index (κ2) is 6.58. The van der Waals surface area contributed by atoms with E-state index in [1.165, 1.54) is 24.3 Å². The Hall–Kier alpha value is -3.41. The Balaban J connectivity index is 1.65. The molecule has 0 fully saturated rings. The number of halogens is 2. The van der Waals surface area contributed by atoms with Crippen LogP contribution in [0.15, 0.2) is 54.7 Å². The molecule has 0 spiro atoms. The molecule has 144 valence electrons. The number of Topliss-reactive ketones (excluding diaryl/α,β-unsaturated/α-hetero) is 1. The van der Waals surface area contributed by atoms with Crippen molar-refractivity contribution in [2.24, 2.45) is 0 Å². The van der Waals surface area contributed by atoms with Crippen molar-refractivity contribution in [2.75, 3.05) is 0 Å². The normalized spacial score (nSPS) is 16.2. The Morgan fingerprint density at radius 2 is 1.62 bits per heavy atom. The van der Waals surface area contributed by atoms with E-state index in [9.17, 15) is 13.6 Å². The molecule has 6 heteroatoms. The third-order valence-electron chi connectivity index (χ3n) is 5.56. The maximum absolute atomic E-state index is 13.3. The highest BCUT2D eigenvalue weighted by Gasteiger charge is 2.30. The standard InChI is InChI=1S/C23H17F2N3O/c1-13-22(15-4-8-18(25)9-5-15)23-26-12-19-20(28(23)27-13)10-16(11-21(19)29)14-2-6-17(24)7-3-14/h2-9,12,16H,10-11H2,1H3/t16-/m1/s1. The van der Waals surface area contributed by atoms with Crippen molar-refractivity contribution in [3.8, 4) is 11.1 Å². The summed E-state index contributed by atoms with van der Waals surface area (Å²) in [5, 5.41) is 4.65. The van der Waals surface area contributed by atoms with E-state index in [1.54, 1.807) is 35.0 Å². The van der Waals surface area contributed by atoms with Gasteiger partial charge in [-0.15, -0.1) is 0 Å². The Labute approximate surface area is 165 Å². The van der Waals surface area contributed by atoms with Crippen molar-refractivity contribution in [1.82, 2.24) is 14.6 Å². The number of fused-ring (bicyclic) bond motifs is 3. The average molecular weight is 389 g/mol. The van der Waals surface area contributed by atoms with Crippen LogP contribution >= 0.6 is 0 Å². The predicted octanol–water partition coefficient (Wildman–Crippen LogP) is 4.90. The van der Waals surface area contributed by atoms with E-state index in [4.69, 9.17) is 0 Å². The van der Waals surface area contributed by atoms with Crippen molar-refractivity contribution in [3.63, 3.8) is 0 Å². The molecule has 4 aromatic rings. The first-order valence-electron chi connectivity index (χ1n) is 9.43. The Bertz CT molecular complexity index is 1240. The fourth-order valence-corrected chi connectivity index (χ4v) is 4.13. The molecule has 0 N–H and O–H groups in total. The van der Waals surface area contributed by atoms with Crippen molar-refractivity contribution in [3.05, 3.63) is 88.9 Å². The molecule has 4 nitrogen and oxygen atoms in total. The van der Waals surface area contributed by atoms with Crippen LogP contribution in [-0.2, 0) is 6.42 Å². The summed E-state index contributed by atoms with van der Waals surface area (Å²) in [5.74, 6) is -0.637. The zero-order chi connectivity index (χ0) is 20.1. The quantitative estimate of drug-likeness (QED) is 0.490. The summed E-state index contributed by atoms with van der Waals surface area (Å²) < 4.78 is 28.4. The van der Waals surface area contributed by atoms with Crippen LogP contribution in [0.2, 0.25) is 0 Å². The monoisotopic (exact) mass is 389 g/mol. The van der Waals surface area contributed by atoms with Gasteiger partial charge >= 0.3 is 0 Å². The molecule has 0 unspecified atom stereocenters. The summed E-state index contributed by atoms with van der Waals surface area (Å²) in [7, 11) is 0. The summed E-state index contributed by atoms with van der Waals surface area (Å²) >= 11 is 0. The average Bonchev–Trinajstić information content (AvgIpc) is 3.05. The van der Waals surface area contributed by atoms with Crippen LogP contribution in [0.25, 0.3) is 16.8 Å². The van der Waals surface area contributed by atoms with Gasteiger partial charge in [0, 0.05) is 18.2 Å². The number of aryl methyl sites for hydroxylation is 1. The van der Waals surface area contributed by atoms with E-state index in [2.05, 4.69) is 10.1 Å². The van der Waals surface area contributed by atoms with Gasteiger partial charge in [0.25, 0.3) is 0 Å². The maximum atomic E-state index is 13.3. The molecule has 2 aromatic carbocycles. The molecule has 2 aromatic heterocycles. The maximum Gasteiger partial charge on any atom is 0.166 e. The first-order valence-corrected chi connectivity index (χ1v) is 9.43. The number of carbonyl (C=O) groups excluding carboxylic acids is 1. The van der Waals surface area contributed by atoms with Gasteiger partial charge in [-0.1, -0.05) is 24.3 Å². The minimum Gasteiger partial charge on any atom is -0.294 e. The van der Waals surface area contributed by atoms with Gasteiger partial charge in [-0.05, 0) is 54.7 Å². The highest BCUT2D eigenvalue weighted by Crippen LogP contribution is 2.35. The fraction of sp³-hybridized carbons (Fsp3) is 0.174. The van der Waals surface area contributed by atoms with Crippen molar-refractivity contribution < 1.29 is 13.6 Å². The summed E-state index contributed by atoms with van der Waals surface area (Å²) in [6.07, 6.45) is 2.58. The smallest absolute Gasteiger partial charge is 0.166 e. The molecule has 0 saturated heterocycles. The lowest BCUT2D eigenvalue weighted by atomic mass is 9.82. The van der Waals surface area contributed by atoms with E-state index in [0.717, 1.165) is 28.1 Å². The van der Waals surface area contributed by atoms with Crippen molar-refractivity contribution >= 4 is 11.4 Å². The van der Waals surface area contributed by atoms with Gasteiger partial charge < -0.3 is 0 Å². The number of hydrogen-bond donors (Lipinski definition) is 0. The molecule has 0 aliphatic heterocycles. The highest BCUT2D eigenvalue weighted by atomic mass is 19.1. The highest BCUT2D eigenvalue weighted by molar-refractivity contribution is 5.99. The minimum absolute atomic E-state index is 0.00598. The van der Waals surface area contributed by atoms with E-state index < -0.39 is 0 Å². The number of nitrogens with zero attached hydrogens (tertiary/aromatic N) is 3. The van der Waals surface area contributed by atoms with Crippen LogP contribution < -0.4 is 0 Å². The lowest BCUT2D eigenvalue weighted by Gasteiger charge is -2.24. The summed E-state index contributed by atoms with van der Waals surface area (Å²) in [5.41, 5.74) is 5.35. The zero-order valence-electron chi connectivity index (χ0n) is 15.7. The third-order valence-corrected chi connectivity index (χ3v) is 5.56. The first kappa shape index (κ1) is 17.7. The van der Waals surface area contributed by atoms with Crippen LogP contribution in [0.3, 0.4) is 0 Å². The van der Waals surface area contributed by atoms with Crippen LogP contribution in [0, 0.1) is 18.6 Å². The number of benzene rings is 2. The SMILES string of the molecule is Cc1nn2c3c(cnc2c1-c1ccc(F)cc1)C(=O)C[C@H](c1ccc(F)cc1)C3. The molecule has 1 atom stereocenters. The second-order valence-electron chi connectivity index (χ2n) is 7.40. The lowest BCUT2D eigenvalue weighted by molar-refractivity contribution is 0.0962. The van der Waals surface area contributed by atoms with Gasteiger partial charge in [-0.3, -0.25) is 4.79 Å². The Morgan fingerprint density at radius 3 is 2.31 bits per heavy atom. The molecule has 2 heterocycles.